The minimum absolute atomic E-state index is 0.289. The Morgan fingerprint density at radius 3 is 1.57 bits per heavy atom. The van der Waals surface area contributed by atoms with E-state index in [-0.39, 0.29) is 5.92 Å². The van der Waals surface area contributed by atoms with Crippen LogP contribution in [0.25, 0.3) is 127 Å². The fourth-order valence-electron chi connectivity index (χ4n) is 12.6. The van der Waals surface area contributed by atoms with Gasteiger partial charge in [0.15, 0.2) is 0 Å². The van der Waals surface area contributed by atoms with Crippen molar-refractivity contribution in [3.05, 3.63) is 259 Å². The van der Waals surface area contributed by atoms with Crippen LogP contribution in [-0.2, 0) is 0 Å². The van der Waals surface area contributed by atoms with Crippen molar-refractivity contribution < 1.29 is 0 Å². The van der Waals surface area contributed by atoms with E-state index in [2.05, 4.69) is 243 Å². The van der Waals surface area contributed by atoms with Crippen molar-refractivity contribution >= 4 is 59.8 Å². The van der Waals surface area contributed by atoms with Gasteiger partial charge in [-0.1, -0.05) is 218 Å². The molecule has 4 aliphatic carbocycles. The van der Waals surface area contributed by atoms with Crippen LogP contribution in [0.2, 0.25) is 0 Å². The molecule has 0 bridgehead atoms. The summed E-state index contributed by atoms with van der Waals surface area (Å²) in [6, 6.07) is 79.7. The van der Waals surface area contributed by atoms with Crippen LogP contribution >= 0.6 is 0 Å². The monoisotopic (exact) mass is 858 g/mol. The molecule has 11 aromatic carbocycles. The Morgan fingerprint density at radius 1 is 0.265 bits per heavy atom. The molecule has 0 heteroatoms. The number of fused-ring (bicyclic) bond motifs is 9. The summed E-state index contributed by atoms with van der Waals surface area (Å²) in [5.41, 5.74) is 23.6. The van der Waals surface area contributed by atoms with Crippen LogP contribution in [0.5, 0.6) is 0 Å². The minimum atomic E-state index is 0.289. The van der Waals surface area contributed by atoms with Gasteiger partial charge < -0.3 is 0 Å². The molecule has 15 rings (SSSR count). The predicted octanol–water partition coefficient (Wildman–Crippen LogP) is 18.3. The Kier molecular flexibility index (Phi) is 8.00. The fourth-order valence-corrected chi connectivity index (χ4v) is 12.6. The van der Waals surface area contributed by atoms with E-state index in [9.17, 15) is 0 Å². The lowest BCUT2D eigenvalue weighted by atomic mass is 9.72. The molecule has 4 aliphatic rings. The van der Waals surface area contributed by atoms with Gasteiger partial charge in [0.1, 0.15) is 0 Å². The van der Waals surface area contributed by atoms with Crippen LogP contribution < -0.4 is 0 Å². The average molecular weight is 859 g/mol. The van der Waals surface area contributed by atoms with Gasteiger partial charge in [0, 0.05) is 11.8 Å². The van der Waals surface area contributed by atoms with Gasteiger partial charge in [0.05, 0.1) is 0 Å². The van der Waals surface area contributed by atoms with E-state index in [0.717, 1.165) is 0 Å². The molecule has 0 aliphatic heterocycles. The van der Waals surface area contributed by atoms with Crippen molar-refractivity contribution in [3.8, 4) is 66.8 Å². The highest BCUT2D eigenvalue weighted by molar-refractivity contribution is 6.29. The first-order chi connectivity index (χ1) is 33.7. The van der Waals surface area contributed by atoms with E-state index in [4.69, 9.17) is 0 Å². The third-order valence-electron chi connectivity index (χ3n) is 15.6. The van der Waals surface area contributed by atoms with Crippen molar-refractivity contribution in [2.45, 2.75) is 0 Å². The fraction of sp³-hybridized carbons (Fsp3) is 0.0294. The Balaban J connectivity index is 0.923. The van der Waals surface area contributed by atoms with E-state index in [1.54, 1.807) is 0 Å². The van der Waals surface area contributed by atoms with Crippen molar-refractivity contribution in [2.75, 3.05) is 0 Å². The summed E-state index contributed by atoms with van der Waals surface area (Å²) in [4.78, 5) is 0. The van der Waals surface area contributed by atoms with E-state index in [1.165, 1.54) is 143 Å². The van der Waals surface area contributed by atoms with Gasteiger partial charge in [-0.15, -0.1) is 0 Å². The summed E-state index contributed by atoms with van der Waals surface area (Å²) in [7, 11) is 0. The molecule has 0 saturated carbocycles. The molecule has 2 unspecified atom stereocenters. The van der Waals surface area contributed by atoms with E-state index < -0.39 is 0 Å². The second kappa shape index (κ2) is 14.5. The average Bonchev–Trinajstić information content (AvgIpc) is 3.91. The molecule has 0 spiro atoms. The van der Waals surface area contributed by atoms with Crippen LogP contribution in [0.1, 0.15) is 16.7 Å². The quantitative estimate of drug-likeness (QED) is 0.162. The number of allylic oxidation sites excluding steroid dienone is 8. The molecular formula is C68H42. The highest BCUT2D eigenvalue weighted by Crippen LogP contribution is 2.60. The lowest BCUT2D eigenvalue weighted by Crippen LogP contribution is -2.18. The maximum atomic E-state index is 2.49. The molecule has 0 aromatic heterocycles. The first kappa shape index (κ1) is 37.6. The third-order valence-corrected chi connectivity index (χ3v) is 15.6. The zero-order chi connectivity index (χ0) is 44.5. The smallest absolute Gasteiger partial charge is 0.0205 e. The van der Waals surface area contributed by atoms with Crippen LogP contribution in [0.4, 0.5) is 0 Å². The van der Waals surface area contributed by atoms with Crippen LogP contribution in [0.15, 0.2) is 243 Å². The predicted molar refractivity (Wildman–Crippen MR) is 289 cm³/mol. The Labute approximate surface area is 395 Å². The molecule has 0 saturated heterocycles. The van der Waals surface area contributed by atoms with Crippen LogP contribution in [0.3, 0.4) is 0 Å². The molecule has 11 aromatic rings. The van der Waals surface area contributed by atoms with Crippen molar-refractivity contribution in [1.82, 2.24) is 0 Å². The Morgan fingerprint density at radius 2 is 0.824 bits per heavy atom. The number of hydrogen-bond donors (Lipinski definition) is 0. The van der Waals surface area contributed by atoms with E-state index >= 15 is 0 Å². The minimum Gasteiger partial charge on any atom is -0.0760 e. The van der Waals surface area contributed by atoms with Gasteiger partial charge in [0.25, 0.3) is 0 Å². The molecule has 0 radical (unpaired) electrons. The first-order valence-corrected chi connectivity index (χ1v) is 24.0. The first-order valence-electron chi connectivity index (χ1n) is 24.0. The third kappa shape index (κ3) is 5.43. The molecule has 68 heavy (non-hydrogen) atoms. The number of rotatable bonds is 5. The molecule has 314 valence electrons. The van der Waals surface area contributed by atoms with Gasteiger partial charge in [0.2, 0.25) is 0 Å². The van der Waals surface area contributed by atoms with Gasteiger partial charge in [-0.2, -0.15) is 0 Å². The van der Waals surface area contributed by atoms with Crippen molar-refractivity contribution in [3.63, 3.8) is 0 Å². The van der Waals surface area contributed by atoms with Gasteiger partial charge in [-0.3, -0.25) is 0 Å². The van der Waals surface area contributed by atoms with Crippen LogP contribution in [0, 0.1) is 11.8 Å². The summed E-state index contributed by atoms with van der Waals surface area (Å²) < 4.78 is 0. The largest absolute Gasteiger partial charge is 0.0760 e. The van der Waals surface area contributed by atoms with Gasteiger partial charge in [-0.05, 0) is 168 Å². The van der Waals surface area contributed by atoms with Crippen LogP contribution in [-0.4, -0.2) is 0 Å². The standard InChI is InChI=1S/C68H42/c1-3-15-43(16-4-1)63-58-32-30-48(47-29-31-53-57-35-33-51(49-27-25-41-13-7-9-19-45(41)37-49)54-21-11-23-56(65(54)57)61(53)39-47)40-62(58)64(44-17-5-2-6-18-44)67-59-24-12-22-55-52(34-36-60(66(55)59)68(63)67)50-28-26-42-14-8-10-20-46(42)38-50/h1-40,54,65H. The highest BCUT2D eigenvalue weighted by atomic mass is 14.4. The second-order valence-corrected chi connectivity index (χ2v) is 19.0. The van der Waals surface area contributed by atoms with E-state index in [1.807, 2.05) is 0 Å². The normalized spacial score (nSPS) is 16.1. The van der Waals surface area contributed by atoms with Crippen molar-refractivity contribution in [2.24, 2.45) is 11.8 Å². The SMILES string of the molecule is C1=CC2C(c3ccc4ccccc4c3)=CC=C3c4ccc(-c5ccc6c(-c7ccccc7)c7c(c(-c8ccccc8)c6c5)-c5cccc6c(-c8ccc9ccccc9c8)ccc-7c56)cc4C(=C1)C32. The summed E-state index contributed by atoms with van der Waals surface area (Å²) in [6.07, 6.45) is 11.9. The molecule has 0 heterocycles. The van der Waals surface area contributed by atoms with E-state index in [0.29, 0.717) is 5.92 Å². The topological polar surface area (TPSA) is 0 Å². The maximum Gasteiger partial charge on any atom is 0.0205 e. The molecular weight excluding hydrogens is 817 g/mol. The molecule has 0 N–H and O–H groups in total. The molecule has 0 amide bonds. The zero-order valence-electron chi connectivity index (χ0n) is 37.2. The Hall–Kier alpha value is -8.58. The zero-order valence-corrected chi connectivity index (χ0v) is 37.2. The van der Waals surface area contributed by atoms with Gasteiger partial charge in [-0.25, -0.2) is 0 Å². The molecule has 0 nitrogen and oxygen atoms in total. The Bertz CT molecular complexity index is 4120. The summed E-state index contributed by atoms with van der Waals surface area (Å²) in [6.45, 7) is 0. The number of benzene rings is 11. The summed E-state index contributed by atoms with van der Waals surface area (Å²) >= 11 is 0. The number of hydrogen-bond acceptors (Lipinski definition) is 0. The maximum absolute atomic E-state index is 2.49. The lowest BCUT2D eigenvalue weighted by molar-refractivity contribution is 0.726. The van der Waals surface area contributed by atoms with Gasteiger partial charge >= 0.3 is 0 Å². The molecule has 2 atom stereocenters. The summed E-state index contributed by atoms with van der Waals surface area (Å²) in [5.74, 6) is 0.594. The lowest BCUT2D eigenvalue weighted by Gasteiger charge is -2.31. The van der Waals surface area contributed by atoms with Crippen molar-refractivity contribution in [1.29, 1.82) is 0 Å². The second-order valence-electron chi connectivity index (χ2n) is 19.0. The summed E-state index contributed by atoms with van der Waals surface area (Å²) in [5, 5.41) is 10.2. The highest BCUT2D eigenvalue weighted by Gasteiger charge is 2.41. The molecule has 0 fully saturated rings.